The molecule has 0 aliphatic carbocycles. The topological polar surface area (TPSA) is 93.5 Å². The number of benzene rings is 2. The van der Waals surface area contributed by atoms with E-state index in [1.165, 1.54) is 5.56 Å². The van der Waals surface area contributed by atoms with Gasteiger partial charge in [0.15, 0.2) is 0 Å². The summed E-state index contributed by atoms with van der Waals surface area (Å²) in [4.78, 5) is 22.9. The summed E-state index contributed by atoms with van der Waals surface area (Å²) in [5.74, 6) is 0.144. The Kier molecular flexibility index (Phi) is 9.33. The molecule has 1 unspecified atom stereocenters. The SMILES string of the molecule is Cc1cccc(COc2ccc(C(C)NC(=O)CNC(=O)CN)cc2)c1.Cl. The van der Waals surface area contributed by atoms with Crippen LogP contribution in [0.3, 0.4) is 0 Å². The molecule has 0 saturated carbocycles. The van der Waals surface area contributed by atoms with Crippen molar-refractivity contribution < 1.29 is 14.3 Å². The Labute approximate surface area is 165 Å². The van der Waals surface area contributed by atoms with Crippen molar-refractivity contribution >= 4 is 24.2 Å². The fourth-order valence-electron chi connectivity index (χ4n) is 2.45. The number of nitrogens with one attached hydrogen (secondary N) is 2. The Bertz CT molecular complexity index is 750. The van der Waals surface area contributed by atoms with Gasteiger partial charge >= 0.3 is 0 Å². The first-order chi connectivity index (χ1) is 12.5. The van der Waals surface area contributed by atoms with E-state index in [1.807, 2.05) is 43.3 Å². The van der Waals surface area contributed by atoms with Crippen LogP contribution in [-0.4, -0.2) is 24.9 Å². The molecule has 0 aliphatic rings. The predicted molar refractivity (Wildman–Crippen MR) is 108 cm³/mol. The van der Waals surface area contributed by atoms with Gasteiger partial charge < -0.3 is 21.1 Å². The third-order valence-electron chi connectivity index (χ3n) is 3.88. The number of ether oxygens (including phenoxy) is 1. The molecule has 0 saturated heterocycles. The highest BCUT2D eigenvalue weighted by molar-refractivity contribution is 5.85. The van der Waals surface area contributed by atoms with Crippen molar-refractivity contribution in [3.05, 3.63) is 65.2 Å². The van der Waals surface area contributed by atoms with Crippen LogP contribution in [0.15, 0.2) is 48.5 Å². The monoisotopic (exact) mass is 391 g/mol. The van der Waals surface area contributed by atoms with E-state index in [0.29, 0.717) is 6.61 Å². The molecule has 1 atom stereocenters. The van der Waals surface area contributed by atoms with Crippen LogP contribution >= 0.6 is 12.4 Å². The number of aryl methyl sites for hydroxylation is 1. The summed E-state index contributed by atoms with van der Waals surface area (Å²) in [6.07, 6.45) is 0. The molecule has 2 amide bonds. The fraction of sp³-hybridized carbons (Fsp3) is 0.300. The standard InChI is InChI=1S/C20H25N3O3.ClH/c1-14-4-3-5-16(10-14)13-26-18-8-6-17(7-9-18)15(2)23-20(25)12-22-19(24)11-21;/h3-10,15H,11-13,21H2,1-2H3,(H,22,24)(H,23,25);1H. The molecule has 0 radical (unpaired) electrons. The zero-order chi connectivity index (χ0) is 18.9. The fourth-order valence-corrected chi connectivity index (χ4v) is 2.45. The number of halogens is 1. The first kappa shape index (κ1) is 22.5. The lowest BCUT2D eigenvalue weighted by molar-refractivity contribution is -0.125. The van der Waals surface area contributed by atoms with Crippen molar-refractivity contribution in [1.29, 1.82) is 0 Å². The lowest BCUT2D eigenvalue weighted by Crippen LogP contribution is -2.40. The van der Waals surface area contributed by atoms with Gasteiger partial charge in [0.2, 0.25) is 11.8 Å². The maximum absolute atomic E-state index is 11.8. The van der Waals surface area contributed by atoms with Gasteiger partial charge in [-0.05, 0) is 37.1 Å². The second kappa shape index (κ2) is 11.2. The van der Waals surface area contributed by atoms with E-state index >= 15 is 0 Å². The van der Waals surface area contributed by atoms with Crippen LogP contribution in [0.2, 0.25) is 0 Å². The summed E-state index contributed by atoms with van der Waals surface area (Å²) in [6, 6.07) is 15.6. The first-order valence-corrected chi connectivity index (χ1v) is 8.52. The van der Waals surface area contributed by atoms with Gasteiger partial charge in [-0.1, -0.05) is 42.0 Å². The largest absolute Gasteiger partial charge is 0.489 e. The Hall–Kier alpha value is -2.57. The zero-order valence-corrected chi connectivity index (χ0v) is 16.3. The van der Waals surface area contributed by atoms with Crippen molar-refractivity contribution in [2.75, 3.05) is 13.1 Å². The van der Waals surface area contributed by atoms with Gasteiger partial charge in [-0.3, -0.25) is 9.59 Å². The van der Waals surface area contributed by atoms with Gasteiger partial charge in [-0.25, -0.2) is 0 Å². The van der Waals surface area contributed by atoms with Crippen LogP contribution in [-0.2, 0) is 16.2 Å². The van der Waals surface area contributed by atoms with Crippen LogP contribution in [0.4, 0.5) is 0 Å². The van der Waals surface area contributed by atoms with E-state index in [0.717, 1.165) is 16.9 Å². The Morgan fingerprint density at radius 2 is 1.81 bits per heavy atom. The number of carbonyl (C=O) groups is 2. The number of hydrogen-bond acceptors (Lipinski definition) is 4. The van der Waals surface area contributed by atoms with Crippen molar-refractivity contribution in [1.82, 2.24) is 10.6 Å². The number of nitrogens with two attached hydrogens (primary N) is 1. The Morgan fingerprint density at radius 3 is 2.44 bits per heavy atom. The maximum Gasteiger partial charge on any atom is 0.239 e. The summed E-state index contributed by atoms with van der Waals surface area (Å²) >= 11 is 0. The van der Waals surface area contributed by atoms with Gasteiger partial charge in [0, 0.05) is 0 Å². The molecule has 146 valence electrons. The highest BCUT2D eigenvalue weighted by Crippen LogP contribution is 2.18. The highest BCUT2D eigenvalue weighted by atomic mass is 35.5. The molecule has 2 aromatic rings. The van der Waals surface area contributed by atoms with E-state index in [1.54, 1.807) is 0 Å². The quantitative estimate of drug-likeness (QED) is 0.643. The zero-order valence-electron chi connectivity index (χ0n) is 15.5. The molecule has 2 aromatic carbocycles. The molecule has 0 bridgehead atoms. The third kappa shape index (κ3) is 7.68. The second-order valence-electron chi connectivity index (χ2n) is 6.12. The second-order valence-corrected chi connectivity index (χ2v) is 6.12. The van der Waals surface area contributed by atoms with E-state index in [2.05, 4.69) is 29.7 Å². The minimum atomic E-state index is -0.358. The van der Waals surface area contributed by atoms with E-state index < -0.39 is 0 Å². The predicted octanol–water partition coefficient (Wildman–Crippen LogP) is 2.25. The molecule has 0 heterocycles. The van der Waals surface area contributed by atoms with Gasteiger partial charge in [0.1, 0.15) is 12.4 Å². The lowest BCUT2D eigenvalue weighted by Gasteiger charge is -2.15. The minimum absolute atomic E-state index is 0. The summed E-state index contributed by atoms with van der Waals surface area (Å²) in [5.41, 5.74) is 8.45. The molecule has 4 N–H and O–H groups in total. The maximum atomic E-state index is 11.8. The lowest BCUT2D eigenvalue weighted by atomic mass is 10.1. The van der Waals surface area contributed by atoms with Crippen LogP contribution in [0.5, 0.6) is 5.75 Å². The van der Waals surface area contributed by atoms with E-state index in [9.17, 15) is 9.59 Å². The molecular formula is C20H26ClN3O3. The number of hydrogen-bond donors (Lipinski definition) is 3. The van der Waals surface area contributed by atoms with Crippen LogP contribution in [0.25, 0.3) is 0 Å². The normalized spacial score (nSPS) is 11.1. The minimum Gasteiger partial charge on any atom is -0.489 e. The molecule has 0 aliphatic heterocycles. The number of rotatable bonds is 8. The van der Waals surface area contributed by atoms with E-state index in [4.69, 9.17) is 10.5 Å². The van der Waals surface area contributed by atoms with Crippen LogP contribution < -0.4 is 21.1 Å². The smallest absolute Gasteiger partial charge is 0.239 e. The third-order valence-corrected chi connectivity index (χ3v) is 3.88. The van der Waals surface area contributed by atoms with Crippen molar-refractivity contribution in [3.8, 4) is 5.75 Å². The molecule has 6 nitrogen and oxygen atoms in total. The van der Waals surface area contributed by atoms with Gasteiger partial charge in [0.25, 0.3) is 0 Å². The molecular weight excluding hydrogens is 366 g/mol. The number of carbonyl (C=O) groups excluding carboxylic acids is 2. The van der Waals surface area contributed by atoms with E-state index in [-0.39, 0.29) is 43.4 Å². The average Bonchev–Trinajstić information content (AvgIpc) is 2.64. The van der Waals surface area contributed by atoms with Crippen molar-refractivity contribution in [3.63, 3.8) is 0 Å². The first-order valence-electron chi connectivity index (χ1n) is 8.52. The van der Waals surface area contributed by atoms with Gasteiger partial charge in [-0.2, -0.15) is 0 Å². The average molecular weight is 392 g/mol. The summed E-state index contributed by atoms with van der Waals surface area (Å²) < 4.78 is 5.79. The molecule has 0 spiro atoms. The molecule has 7 heteroatoms. The Morgan fingerprint density at radius 1 is 1.11 bits per heavy atom. The van der Waals surface area contributed by atoms with Crippen molar-refractivity contribution in [2.24, 2.45) is 5.73 Å². The van der Waals surface area contributed by atoms with Gasteiger partial charge in [0.05, 0.1) is 19.1 Å². The molecule has 27 heavy (non-hydrogen) atoms. The molecule has 2 rings (SSSR count). The number of amides is 2. The molecule has 0 fully saturated rings. The summed E-state index contributed by atoms with van der Waals surface area (Å²) in [7, 11) is 0. The highest BCUT2D eigenvalue weighted by Gasteiger charge is 2.10. The Balaban J connectivity index is 0.00000364. The van der Waals surface area contributed by atoms with Crippen molar-refractivity contribution in [2.45, 2.75) is 26.5 Å². The summed E-state index contributed by atoms with van der Waals surface area (Å²) in [5, 5.41) is 5.26. The van der Waals surface area contributed by atoms with Crippen LogP contribution in [0, 0.1) is 6.92 Å². The summed E-state index contributed by atoms with van der Waals surface area (Å²) in [6.45, 7) is 4.22. The van der Waals surface area contributed by atoms with Gasteiger partial charge in [-0.15, -0.1) is 12.4 Å². The van der Waals surface area contributed by atoms with Crippen LogP contribution in [0.1, 0.15) is 29.7 Å². The molecule has 0 aromatic heterocycles.